The van der Waals surface area contributed by atoms with Crippen LogP contribution in [0.2, 0.25) is 0 Å². The minimum absolute atomic E-state index is 0.102. The lowest BCUT2D eigenvalue weighted by Crippen LogP contribution is -2.32. The first kappa shape index (κ1) is 12.9. The highest BCUT2D eigenvalue weighted by molar-refractivity contribution is 7.90. The van der Waals surface area contributed by atoms with Crippen LogP contribution in [-0.4, -0.2) is 36.6 Å². The molecule has 0 aliphatic heterocycles. The number of sulfone groups is 1. The largest absolute Gasteiger partial charge is 0.506 e. The molecule has 0 aliphatic carbocycles. The van der Waals surface area contributed by atoms with E-state index in [1.165, 1.54) is 12.5 Å². The summed E-state index contributed by atoms with van der Waals surface area (Å²) in [5.41, 5.74) is 0.762. The maximum Gasteiger partial charge on any atom is 0.148 e. The number of nitrogens with zero attached hydrogens (tertiary/aromatic N) is 1. The zero-order valence-electron chi connectivity index (χ0n) is 9.34. The first-order valence-corrected chi connectivity index (χ1v) is 6.98. The van der Waals surface area contributed by atoms with Crippen LogP contribution in [0.3, 0.4) is 0 Å². The van der Waals surface area contributed by atoms with E-state index < -0.39 is 9.84 Å². The van der Waals surface area contributed by atoms with Crippen LogP contribution in [0.25, 0.3) is 0 Å². The second-order valence-electron chi connectivity index (χ2n) is 3.88. The minimum Gasteiger partial charge on any atom is -0.506 e. The number of rotatable bonds is 5. The van der Waals surface area contributed by atoms with Crippen molar-refractivity contribution in [2.45, 2.75) is 19.5 Å². The highest BCUT2D eigenvalue weighted by atomic mass is 32.2. The Balaban J connectivity index is 2.43. The van der Waals surface area contributed by atoms with Crippen molar-refractivity contribution < 1.29 is 13.5 Å². The molecule has 0 aromatic carbocycles. The van der Waals surface area contributed by atoms with E-state index in [1.54, 1.807) is 12.1 Å². The smallest absolute Gasteiger partial charge is 0.148 e. The minimum atomic E-state index is -2.96. The zero-order valence-corrected chi connectivity index (χ0v) is 10.2. The fraction of sp³-hybridized carbons (Fsp3) is 0.500. The average Bonchev–Trinajstić information content (AvgIpc) is 2.14. The van der Waals surface area contributed by atoms with E-state index in [0.717, 1.165) is 5.69 Å². The van der Waals surface area contributed by atoms with Crippen molar-refractivity contribution >= 4 is 9.84 Å². The number of hydrogen-bond donors (Lipinski definition) is 2. The van der Waals surface area contributed by atoms with Crippen molar-refractivity contribution in [3.05, 3.63) is 24.0 Å². The Morgan fingerprint density at radius 3 is 2.69 bits per heavy atom. The molecule has 0 aliphatic rings. The van der Waals surface area contributed by atoms with E-state index in [0.29, 0.717) is 6.54 Å². The van der Waals surface area contributed by atoms with Gasteiger partial charge in [0, 0.05) is 18.8 Å². The van der Waals surface area contributed by atoms with Gasteiger partial charge in [0.15, 0.2) is 0 Å². The number of nitrogens with one attached hydrogen (secondary N) is 1. The molecule has 5 nitrogen and oxygen atoms in total. The SMILES string of the molecule is CC(CS(C)(=O)=O)NCc1ccc(O)cn1. The van der Waals surface area contributed by atoms with Gasteiger partial charge in [0.2, 0.25) is 0 Å². The summed E-state index contributed by atoms with van der Waals surface area (Å²) in [6.07, 6.45) is 2.57. The van der Waals surface area contributed by atoms with Crippen LogP contribution >= 0.6 is 0 Å². The van der Waals surface area contributed by atoms with Gasteiger partial charge >= 0.3 is 0 Å². The number of pyridine rings is 1. The van der Waals surface area contributed by atoms with Gasteiger partial charge in [-0.05, 0) is 19.1 Å². The molecule has 1 aromatic rings. The maximum atomic E-state index is 11.0. The summed E-state index contributed by atoms with van der Waals surface area (Å²) in [6.45, 7) is 2.29. The number of aromatic hydroxyl groups is 1. The highest BCUT2D eigenvalue weighted by Gasteiger charge is 2.09. The van der Waals surface area contributed by atoms with Crippen molar-refractivity contribution in [1.82, 2.24) is 10.3 Å². The molecule has 0 bridgehead atoms. The van der Waals surface area contributed by atoms with Crippen molar-refractivity contribution in [2.24, 2.45) is 0 Å². The lowest BCUT2D eigenvalue weighted by atomic mass is 10.3. The molecule has 90 valence electrons. The zero-order chi connectivity index (χ0) is 12.2. The summed E-state index contributed by atoms with van der Waals surface area (Å²) in [5, 5.41) is 12.1. The Bertz CT molecular complexity index is 428. The normalized spacial score (nSPS) is 13.6. The maximum absolute atomic E-state index is 11.0. The molecular weight excluding hydrogens is 228 g/mol. The van der Waals surface area contributed by atoms with Crippen LogP contribution in [0.1, 0.15) is 12.6 Å². The molecule has 1 unspecified atom stereocenters. The van der Waals surface area contributed by atoms with Crippen molar-refractivity contribution in [3.63, 3.8) is 0 Å². The molecule has 1 rings (SSSR count). The quantitative estimate of drug-likeness (QED) is 0.779. The number of aromatic nitrogens is 1. The highest BCUT2D eigenvalue weighted by Crippen LogP contribution is 2.05. The summed E-state index contributed by atoms with van der Waals surface area (Å²) in [7, 11) is -2.96. The Kier molecular flexibility index (Phi) is 4.26. The van der Waals surface area contributed by atoms with E-state index in [1.807, 2.05) is 6.92 Å². The van der Waals surface area contributed by atoms with Gasteiger partial charge in [-0.25, -0.2) is 8.42 Å². The molecule has 0 saturated heterocycles. The lowest BCUT2D eigenvalue weighted by Gasteiger charge is -2.11. The van der Waals surface area contributed by atoms with E-state index >= 15 is 0 Å². The molecule has 0 fully saturated rings. The fourth-order valence-corrected chi connectivity index (χ4v) is 2.34. The third-order valence-electron chi connectivity index (χ3n) is 1.99. The first-order valence-electron chi connectivity index (χ1n) is 4.92. The van der Waals surface area contributed by atoms with Gasteiger partial charge in [0.1, 0.15) is 15.6 Å². The summed E-state index contributed by atoms with van der Waals surface area (Å²) >= 11 is 0. The van der Waals surface area contributed by atoms with Crippen molar-refractivity contribution in [2.75, 3.05) is 12.0 Å². The first-order chi connectivity index (χ1) is 7.37. The molecule has 0 saturated carbocycles. The Morgan fingerprint density at radius 1 is 1.50 bits per heavy atom. The fourth-order valence-electron chi connectivity index (χ4n) is 1.31. The summed E-state index contributed by atoms with van der Waals surface area (Å²) in [5.74, 6) is 0.221. The second-order valence-corrected chi connectivity index (χ2v) is 6.07. The molecule has 0 amide bonds. The molecule has 1 atom stereocenters. The molecule has 6 heteroatoms. The van der Waals surface area contributed by atoms with Crippen molar-refractivity contribution in [3.8, 4) is 5.75 Å². The molecule has 1 aromatic heterocycles. The van der Waals surface area contributed by atoms with Crippen LogP contribution in [0.5, 0.6) is 5.75 Å². The monoisotopic (exact) mass is 244 g/mol. The molecule has 1 heterocycles. The second kappa shape index (κ2) is 5.27. The van der Waals surface area contributed by atoms with Gasteiger partial charge in [-0.3, -0.25) is 4.98 Å². The van der Waals surface area contributed by atoms with Crippen LogP contribution in [0.15, 0.2) is 18.3 Å². The van der Waals surface area contributed by atoms with Gasteiger partial charge in [0.05, 0.1) is 17.6 Å². The van der Waals surface area contributed by atoms with Crippen LogP contribution in [-0.2, 0) is 16.4 Å². The Hall–Kier alpha value is -1.14. The molecule has 2 N–H and O–H groups in total. The topological polar surface area (TPSA) is 79.3 Å². The molecule has 0 spiro atoms. The molecule has 0 radical (unpaired) electrons. The van der Waals surface area contributed by atoms with Crippen LogP contribution in [0, 0.1) is 0 Å². The van der Waals surface area contributed by atoms with Gasteiger partial charge in [-0.15, -0.1) is 0 Å². The van der Waals surface area contributed by atoms with E-state index in [4.69, 9.17) is 5.11 Å². The lowest BCUT2D eigenvalue weighted by molar-refractivity contribution is 0.471. The third-order valence-corrected chi connectivity index (χ3v) is 3.10. The van der Waals surface area contributed by atoms with Gasteiger partial charge in [-0.1, -0.05) is 0 Å². The molecular formula is C10H16N2O3S. The van der Waals surface area contributed by atoms with Gasteiger partial charge in [0.25, 0.3) is 0 Å². The van der Waals surface area contributed by atoms with Crippen LogP contribution in [0.4, 0.5) is 0 Å². The summed E-state index contributed by atoms with van der Waals surface area (Å²) < 4.78 is 22.0. The van der Waals surface area contributed by atoms with Crippen LogP contribution < -0.4 is 5.32 Å². The summed E-state index contributed by atoms with van der Waals surface area (Å²) in [4.78, 5) is 3.98. The average molecular weight is 244 g/mol. The standard InChI is InChI=1S/C10H16N2O3S/c1-8(7-16(2,14)15)11-5-9-3-4-10(13)6-12-9/h3-4,6,8,11,13H,5,7H2,1-2H3. The van der Waals surface area contributed by atoms with E-state index in [-0.39, 0.29) is 17.5 Å². The molecule has 16 heavy (non-hydrogen) atoms. The third kappa shape index (κ3) is 5.09. The predicted octanol–water partition coefficient (Wildman–Crippen LogP) is 0.310. The Morgan fingerprint density at radius 2 is 2.19 bits per heavy atom. The van der Waals surface area contributed by atoms with Gasteiger partial charge in [-0.2, -0.15) is 0 Å². The summed E-state index contributed by atoms with van der Waals surface area (Å²) in [6, 6.07) is 3.12. The Labute approximate surface area is 95.4 Å². The van der Waals surface area contributed by atoms with Gasteiger partial charge < -0.3 is 10.4 Å². The van der Waals surface area contributed by atoms with Crippen molar-refractivity contribution in [1.29, 1.82) is 0 Å². The number of hydrogen-bond acceptors (Lipinski definition) is 5. The predicted molar refractivity (Wildman–Crippen MR) is 61.9 cm³/mol. The van der Waals surface area contributed by atoms with E-state index in [2.05, 4.69) is 10.3 Å². The van der Waals surface area contributed by atoms with E-state index in [9.17, 15) is 8.42 Å².